The standard InChI is InChI=1S/C21H26FN5O2S/c1-5-29-20(28)18-12(2)26-19(30-18)13(3)27-21(23-4)24-9-8-14-11-25-17-7-6-15(22)10-16(14)17/h6-7,10-11,13,25H,5,8-9H2,1-4H3,(H2,23,24,27). The third-order valence-corrected chi connectivity index (χ3v) is 5.96. The number of hydrogen-bond donors (Lipinski definition) is 3. The summed E-state index contributed by atoms with van der Waals surface area (Å²) in [5.41, 5.74) is 2.62. The minimum absolute atomic E-state index is 0.134. The normalized spacial score (nSPS) is 12.8. The molecule has 0 aliphatic carbocycles. The van der Waals surface area contributed by atoms with Crippen molar-refractivity contribution in [1.29, 1.82) is 0 Å². The highest BCUT2D eigenvalue weighted by Crippen LogP contribution is 2.24. The van der Waals surface area contributed by atoms with Gasteiger partial charge in [-0.3, -0.25) is 4.99 Å². The number of thiazole rings is 1. The number of aromatic amines is 1. The number of nitrogens with one attached hydrogen (secondary N) is 3. The zero-order chi connectivity index (χ0) is 21.7. The zero-order valence-corrected chi connectivity index (χ0v) is 18.3. The van der Waals surface area contributed by atoms with Crippen LogP contribution in [0.2, 0.25) is 0 Å². The third-order valence-electron chi connectivity index (χ3n) is 4.64. The number of carbonyl (C=O) groups is 1. The molecule has 160 valence electrons. The number of aliphatic imine (C=N–C) groups is 1. The summed E-state index contributed by atoms with van der Waals surface area (Å²) < 4.78 is 18.6. The molecule has 0 radical (unpaired) electrons. The van der Waals surface area contributed by atoms with Crippen molar-refractivity contribution in [3.8, 4) is 0 Å². The summed E-state index contributed by atoms with van der Waals surface area (Å²) in [5.74, 6) is 0.0335. The number of nitrogens with zero attached hydrogens (tertiary/aromatic N) is 2. The van der Waals surface area contributed by atoms with Crippen molar-refractivity contribution in [3.05, 3.63) is 51.4 Å². The highest BCUT2D eigenvalue weighted by Gasteiger charge is 2.20. The average molecular weight is 432 g/mol. The first-order valence-electron chi connectivity index (χ1n) is 9.80. The van der Waals surface area contributed by atoms with Crippen LogP contribution in [-0.4, -0.2) is 42.1 Å². The SMILES string of the molecule is CCOC(=O)c1sc(C(C)NC(=NC)NCCc2c[nH]c3ccc(F)cc23)nc1C. The maximum absolute atomic E-state index is 13.5. The average Bonchev–Trinajstić information content (AvgIpc) is 3.30. The summed E-state index contributed by atoms with van der Waals surface area (Å²) in [7, 11) is 1.69. The molecule has 9 heteroatoms. The van der Waals surface area contributed by atoms with Crippen LogP contribution in [0.3, 0.4) is 0 Å². The highest BCUT2D eigenvalue weighted by molar-refractivity contribution is 7.13. The van der Waals surface area contributed by atoms with Crippen LogP contribution in [0.25, 0.3) is 10.9 Å². The number of aromatic nitrogens is 2. The van der Waals surface area contributed by atoms with E-state index in [4.69, 9.17) is 4.74 Å². The van der Waals surface area contributed by atoms with Crippen LogP contribution in [-0.2, 0) is 11.2 Å². The van der Waals surface area contributed by atoms with Gasteiger partial charge in [0.2, 0.25) is 0 Å². The number of benzene rings is 1. The van der Waals surface area contributed by atoms with E-state index >= 15 is 0 Å². The number of fused-ring (bicyclic) bond motifs is 1. The fraction of sp³-hybridized carbons (Fsp3) is 0.381. The summed E-state index contributed by atoms with van der Waals surface area (Å²) >= 11 is 1.32. The molecular weight excluding hydrogens is 405 g/mol. The lowest BCUT2D eigenvalue weighted by molar-refractivity contribution is 0.0531. The summed E-state index contributed by atoms with van der Waals surface area (Å²) in [4.78, 5) is 24.5. The van der Waals surface area contributed by atoms with Crippen LogP contribution in [0, 0.1) is 12.7 Å². The molecule has 30 heavy (non-hydrogen) atoms. The number of esters is 1. The monoisotopic (exact) mass is 431 g/mol. The Kier molecular flexibility index (Phi) is 7.04. The van der Waals surface area contributed by atoms with Gasteiger partial charge >= 0.3 is 5.97 Å². The molecule has 0 bridgehead atoms. The summed E-state index contributed by atoms with van der Waals surface area (Å²) in [6.45, 7) is 6.50. The third kappa shape index (κ3) is 4.96. The molecule has 2 aromatic heterocycles. The Labute approximate surface area is 178 Å². The number of guanidine groups is 1. The minimum Gasteiger partial charge on any atom is -0.462 e. The van der Waals surface area contributed by atoms with E-state index in [0.717, 1.165) is 21.5 Å². The number of carbonyl (C=O) groups excluding carboxylic acids is 1. The fourth-order valence-corrected chi connectivity index (χ4v) is 4.09. The molecule has 0 aliphatic rings. The van der Waals surface area contributed by atoms with E-state index in [1.165, 1.54) is 17.4 Å². The van der Waals surface area contributed by atoms with Crippen molar-refractivity contribution in [2.75, 3.05) is 20.2 Å². The van der Waals surface area contributed by atoms with Crippen LogP contribution in [0.1, 0.15) is 45.8 Å². The van der Waals surface area contributed by atoms with Crippen molar-refractivity contribution in [2.24, 2.45) is 4.99 Å². The summed E-state index contributed by atoms with van der Waals surface area (Å²) in [6, 6.07) is 4.60. The Balaban J connectivity index is 1.58. The van der Waals surface area contributed by atoms with Gasteiger partial charge in [-0.1, -0.05) is 0 Å². The molecule has 1 unspecified atom stereocenters. The second kappa shape index (κ2) is 9.71. The van der Waals surface area contributed by atoms with Gasteiger partial charge in [-0.25, -0.2) is 14.2 Å². The van der Waals surface area contributed by atoms with Gasteiger partial charge in [0, 0.05) is 30.7 Å². The Morgan fingerprint density at radius 3 is 2.97 bits per heavy atom. The molecule has 1 atom stereocenters. The molecular formula is C21H26FN5O2S. The molecule has 2 heterocycles. The maximum Gasteiger partial charge on any atom is 0.350 e. The predicted octanol–water partition coefficient (Wildman–Crippen LogP) is 3.72. The number of halogens is 1. The molecule has 3 N–H and O–H groups in total. The molecule has 0 amide bonds. The summed E-state index contributed by atoms with van der Waals surface area (Å²) in [5, 5.41) is 8.23. The zero-order valence-electron chi connectivity index (χ0n) is 17.5. The van der Waals surface area contributed by atoms with Gasteiger partial charge in [0.05, 0.1) is 18.3 Å². The van der Waals surface area contributed by atoms with Crippen molar-refractivity contribution < 1.29 is 13.9 Å². The van der Waals surface area contributed by atoms with E-state index < -0.39 is 0 Å². The topological polar surface area (TPSA) is 91.4 Å². The van der Waals surface area contributed by atoms with E-state index in [2.05, 4.69) is 25.6 Å². The number of ether oxygens (including phenoxy) is 1. The first-order chi connectivity index (χ1) is 14.4. The smallest absolute Gasteiger partial charge is 0.350 e. The number of rotatable bonds is 7. The van der Waals surface area contributed by atoms with Gasteiger partial charge < -0.3 is 20.4 Å². The van der Waals surface area contributed by atoms with E-state index in [0.29, 0.717) is 36.1 Å². The molecule has 0 saturated heterocycles. The molecule has 0 spiro atoms. The van der Waals surface area contributed by atoms with Gasteiger partial charge in [-0.05, 0) is 51.0 Å². The molecule has 3 aromatic rings. The van der Waals surface area contributed by atoms with E-state index in [9.17, 15) is 9.18 Å². The van der Waals surface area contributed by atoms with Crippen LogP contribution in [0.5, 0.6) is 0 Å². The van der Waals surface area contributed by atoms with Crippen LogP contribution < -0.4 is 10.6 Å². The number of H-pyrrole nitrogens is 1. The van der Waals surface area contributed by atoms with Crippen LogP contribution in [0.4, 0.5) is 4.39 Å². The van der Waals surface area contributed by atoms with E-state index in [1.807, 2.05) is 13.1 Å². The van der Waals surface area contributed by atoms with Crippen molar-refractivity contribution in [3.63, 3.8) is 0 Å². The lowest BCUT2D eigenvalue weighted by atomic mass is 10.1. The van der Waals surface area contributed by atoms with Crippen molar-refractivity contribution >= 4 is 34.2 Å². The molecule has 1 aromatic carbocycles. The number of hydrogen-bond acceptors (Lipinski definition) is 5. The lowest BCUT2D eigenvalue weighted by Gasteiger charge is -2.16. The van der Waals surface area contributed by atoms with Crippen molar-refractivity contribution in [2.45, 2.75) is 33.2 Å². The number of aryl methyl sites for hydroxylation is 1. The van der Waals surface area contributed by atoms with Gasteiger partial charge in [0.1, 0.15) is 15.7 Å². The molecule has 3 rings (SSSR count). The Morgan fingerprint density at radius 2 is 2.23 bits per heavy atom. The van der Waals surface area contributed by atoms with Gasteiger partial charge in [-0.2, -0.15) is 0 Å². The van der Waals surface area contributed by atoms with Gasteiger partial charge in [-0.15, -0.1) is 11.3 Å². The molecule has 7 nitrogen and oxygen atoms in total. The second-order valence-corrected chi connectivity index (χ2v) is 7.84. The first-order valence-corrected chi connectivity index (χ1v) is 10.6. The highest BCUT2D eigenvalue weighted by atomic mass is 32.1. The molecule has 0 saturated carbocycles. The fourth-order valence-electron chi connectivity index (χ4n) is 3.12. The molecule has 0 fully saturated rings. The van der Waals surface area contributed by atoms with E-state index in [-0.39, 0.29) is 17.8 Å². The lowest BCUT2D eigenvalue weighted by Crippen LogP contribution is -2.39. The Hall–Kier alpha value is -2.94. The van der Waals surface area contributed by atoms with Gasteiger partial charge in [0.25, 0.3) is 0 Å². The summed E-state index contributed by atoms with van der Waals surface area (Å²) in [6.07, 6.45) is 2.61. The van der Waals surface area contributed by atoms with Crippen LogP contribution >= 0.6 is 11.3 Å². The van der Waals surface area contributed by atoms with Crippen molar-refractivity contribution in [1.82, 2.24) is 20.6 Å². The predicted molar refractivity (Wildman–Crippen MR) is 118 cm³/mol. The largest absolute Gasteiger partial charge is 0.462 e. The Bertz CT molecular complexity index is 1060. The minimum atomic E-state index is -0.344. The first kappa shape index (κ1) is 21.8. The maximum atomic E-state index is 13.5. The van der Waals surface area contributed by atoms with E-state index in [1.54, 1.807) is 33.0 Å². The van der Waals surface area contributed by atoms with Crippen LogP contribution in [0.15, 0.2) is 29.4 Å². The Morgan fingerprint density at radius 1 is 1.43 bits per heavy atom. The second-order valence-electron chi connectivity index (χ2n) is 6.81. The quantitative estimate of drug-likeness (QED) is 0.301. The van der Waals surface area contributed by atoms with Gasteiger partial charge in [0.15, 0.2) is 5.96 Å². The molecule has 0 aliphatic heterocycles.